The van der Waals surface area contributed by atoms with E-state index in [4.69, 9.17) is 5.84 Å². The van der Waals surface area contributed by atoms with Crippen molar-refractivity contribution in [3.63, 3.8) is 0 Å². The van der Waals surface area contributed by atoms with Gasteiger partial charge in [0.2, 0.25) is 0 Å². The second-order valence-electron chi connectivity index (χ2n) is 3.72. The monoisotopic (exact) mass is 307 g/mol. The lowest BCUT2D eigenvalue weighted by Gasteiger charge is -2.00. The second-order valence-corrected chi connectivity index (χ2v) is 3.72. The van der Waals surface area contributed by atoms with Gasteiger partial charge >= 0.3 is 0 Å². The van der Waals surface area contributed by atoms with Gasteiger partial charge in [-0.25, -0.2) is 5.84 Å². The molecule has 0 atom stereocenters. The van der Waals surface area contributed by atoms with Crippen molar-refractivity contribution in [2.24, 2.45) is 5.84 Å². The van der Waals surface area contributed by atoms with Crippen LogP contribution in [0.4, 0.5) is 0 Å². The van der Waals surface area contributed by atoms with E-state index in [1.807, 2.05) is 47.2 Å². The number of hydrazine groups is 1. The minimum atomic E-state index is -0.285. The van der Waals surface area contributed by atoms with Crippen molar-refractivity contribution in [3.8, 4) is 0 Å². The molecule has 0 saturated heterocycles. The first kappa shape index (κ1) is 14.3. The third kappa shape index (κ3) is 3.65. The summed E-state index contributed by atoms with van der Waals surface area (Å²) in [6, 6.07) is 13.6. The third-order valence-corrected chi connectivity index (χ3v) is 2.46. The zero-order valence-corrected chi connectivity index (χ0v) is 11.3. The summed E-state index contributed by atoms with van der Waals surface area (Å²) in [4.78, 5) is 11.4. The zero-order valence-electron chi connectivity index (χ0n) is 9.71. The van der Waals surface area contributed by atoms with Gasteiger partial charge in [0.15, 0.2) is 18.9 Å². The number of halogens is 1. The number of hydrogen-bond donors (Lipinski definition) is 2. The van der Waals surface area contributed by atoms with Crippen LogP contribution in [0.2, 0.25) is 0 Å². The van der Waals surface area contributed by atoms with Crippen molar-refractivity contribution >= 4 is 5.91 Å². The van der Waals surface area contributed by atoms with Gasteiger partial charge in [-0.2, -0.15) is 4.57 Å². The molecular formula is C13H14BrN3O. The summed E-state index contributed by atoms with van der Waals surface area (Å²) < 4.78 is 1.94. The lowest BCUT2D eigenvalue weighted by atomic mass is 10.2. The topological polar surface area (TPSA) is 59.0 Å². The predicted octanol–water partition coefficient (Wildman–Crippen LogP) is -2.37. The van der Waals surface area contributed by atoms with Crippen LogP contribution in [0.5, 0.6) is 0 Å². The first-order chi connectivity index (χ1) is 8.29. The van der Waals surface area contributed by atoms with Crippen LogP contribution in [0.25, 0.3) is 0 Å². The maximum absolute atomic E-state index is 11.4. The Hall–Kier alpha value is -1.72. The molecule has 0 aliphatic carbocycles. The Kier molecular flexibility index (Phi) is 5.48. The molecule has 4 nitrogen and oxygen atoms in total. The van der Waals surface area contributed by atoms with Crippen molar-refractivity contribution < 1.29 is 26.3 Å². The van der Waals surface area contributed by atoms with Crippen LogP contribution in [0.3, 0.4) is 0 Å². The van der Waals surface area contributed by atoms with E-state index in [9.17, 15) is 4.79 Å². The molecule has 94 valence electrons. The number of pyridine rings is 1. The first-order valence-corrected chi connectivity index (χ1v) is 5.33. The molecule has 0 unspecified atom stereocenters. The molecule has 0 aliphatic rings. The molecule has 18 heavy (non-hydrogen) atoms. The first-order valence-electron chi connectivity index (χ1n) is 5.33. The van der Waals surface area contributed by atoms with Gasteiger partial charge in [0, 0.05) is 11.6 Å². The van der Waals surface area contributed by atoms with Gasteiger partial charge in [0.05, 0.1) is 0 Å². The summed E-state index contributed by atoms with van der Waals surface area (Å²) >= 11 is 0. The number of hydrogen-bond acceptors (Lipinski definition) is 2. The number of nitrogens with zero attached hydrogens (tertiary/aromatic N) is 1. The quantitative estimate of drug-likeness (QED) is 0.288. The summed E-state index contributed by atoms with van der Waals surface area (Å²) in [6.07, 6.45) is 3.69. The highest BCUT2D eigenvalue weighted by atomic mass is 79.9. The Morgan fingerprint density at radius 1 is 1.17 bits per heavy atom. The lowest BCUT2D eigenvalue weighted by Crippen LogP contribution is -3.00. The second kappa shape index (κ2) is 6.88. The predicted molar refractivity (Wildman–Crippen MR) is 63.8 cm³/mol. The van der Waals surface area contributed by atoms with Crippen LogP contribution in [0, 0.1) is 0 Å². The molecule has 1 heterocycles. The molecule has 1 amide bonds. The minimum absolute atomic E-state index is 0. The lowest BCUT2D eigenvalue weighted by molar-refractivity contribution is -0.688. The number of aromatic nitrogens is 1. The fraction of sp³-hybridized carbons (Fsp3) is 0.0769. The molecular weight excluding hydrogens is 294 g/mol. The smallest absolute Gasteiger partial charge is 0.271 e. The number of nitrogen functional groups attached to an aromatic ring is 1. The Morgan fingerprint density at radius 2 is 1.89 bits per heavy atom. The van der Waals surface area contributed by atoms with E-state index in [-0.39, 0.29) is 22.9 Å². The number of carbonyl (C=O) groups is 1. The third-order valence-electron chi connectivity index (χ3n) is 2.46. The number of nitrogens with two attached hydrogens (primary N) is 1. The average Bonchev–Trinajstić information content (AvgIpc) is 2.39. The van der Waals surface area contributed by atoms with Crippen LogP contribution < -0.4 is 32.8 Å². The SMILES string of the molecule is NNC(=O)c1ccc[n+](Cc2ccccc2)c1.[Br-]. The van der Waals surface area contributed by atoms with Gasteiger partial charge in [-0.05, 0) is 6.07 Å². The highest BCUT2D eigenvalue weighted by Crippen LogP contribution is 1.99. The largest absolute Gasteiger partial charge is 1.00 e. The number of carbonyl (C=O) groups excluding carboxylic acids is 1. The van der Waals surface area contributed by atoms with E-state index in [1.165, 1.54) is 5.56 Å². The van der Waals surface area contributed by atoms with Crippen molar-refractivity contribution in [1.29, 1.82) is 0 Å². The molecule has 1 aromatic heterocycles. The van der Waals surface area contributed by atoms with Gasteiger partial charge in [-0.1, -0.05) is 30.3 Å². The van der Waals surface area contributed by atoms with Crippen LogP contribution in [0.1, 0.15) is 15.9 Å². The fourth-order valence-corrected chi connectivity index (χ4v) is 1.63. The van der Waals surface area contributed by atoms with Crippen molar-refractivity contribution in [2.45, 2.75) is 6.54 Å². The molecule has 0 radical (unpaired) electrons. The highest BCUT2D eigenvalue weighted by Gasteiger charge is 2.09. The molecule has 0 spiro atoms. The maximum Gasteiger partial charge on any atom is 0.271 e. The molecule has 0 fully saturated rings. The highest BCUT2D eigenvalue weighted by molar-refractivity contribution is 5.93. The summed E-state index contributed by atoms with van der Waals surface area (Å²) in [5, 5.41) is 0. The van der Waals surface area contributed by atoms with Crippen LogP contribution in [-0.2, 0) is 6.54 Å². The van der Waals surface area contributed by atoms with E-state index in [2.05, 4.69) is 5.43 Å². The van der Waals surface area contributed by atoms with Crippen molar-refractivity contribution in [3.05, 3.63) is 66.0 Å². The Bertz CT molecular complexity index is 517. The summed E-state index contributed by atoms with van der Waals surface area (Å²) in [6.45, 7) is 0.729. The molecule has 0 saturated carbocycles. The van der Waals surface area contributed by atoms with E-state index in [0.29, 0.717) is 5.56 Å². The molecule has 0 bridgehead atoms. The Morgan fingerprint density at radius 3 is 2.56 bits per heavy atom. The van der Waals surface area contributed by atoms with Crippen molar-refractivity contribution in [1.82, 2.24) is 5.43 Å². The number of benzene rings is 1. The Labute approximate surface area is 116 Å². The normalized spacial score (nSPS) is 9.39. The molecule has 1 aromatic carbocycles. The van der Waals surface area contributed by atoms with Crippen LogP contribution >= 0.6 is 0 Å². The van der Waals surface area contributed by atoms with Gasteiger partial charge in [0.1, 0.15) is 5.56 Å². The van der Waals surface area contributed by atoms with E-state index >= 15 is 0 Å². The molecule has 3 N–H and O–H groups in total. The van der Waals surface area contributed by atoms with Crippen LogP contribution in [0.15, 0.2) is 54.9 Å². The Balaban J connectivity index is 0.00000162. The van der Waals surface area contributed by atoms with Crippen molar-refractivity contribution in [2.75, 3.05) is 0 Å². The van der Waals surface area contributed by atoms with Gasteiger partial charge < -0.3 is 17.0 Å². The van der Waals surface area contributed by atoms with E-state index in [1.54, 1.807) is 12.3 Å². The van der Waals surface area contributed by atoms with Crippen LogP contribution in [-0.4, -0.2) is 5.91 Å². The van der Waals surface area contributed by atoms with Gasteiger partial charge in [0.25, 0.3) is 5.91 Å². The zero-order chi connectivity index (χ0) is 12.1. The number of amides is 1. The van der Waals surface area contributed by atoms with Gasteiger partial charge in [-0.15, -0.1) is 0 Å². The number of nitrogens with one attached hydrogen (secondary N) is 1. The molecule has 5 heteroatoms. The summed E-state index contributed by atoms with van der Waals surface area (Å²) in [5.74, 6) is 4.81. The average molecular weight is 308 g/mol. The maximum atomic E-state index is 11.4. The molecule has 0 aliphatic heterocycles. The van der Waals surface area contributed by atoms with E-state index in [0.717, 1.165) is 6.54 Å². The summed E-state index contributed by atoms with van der Waals surface area (Å²) in [5.41, 5.74) is 3.85. The standard InChI is InChI=1S/C13H13N3O.BrH/c14-15-13(17)12-7-4-8-16(10-12)9-11-5-2-1-3-6-11;/h1-8,10H,9,14H2;1H. The summed E-state index contributed by atoms with van der Waals surface area (Å²) in [7, 11) is 0. The molecule has 2 rings (SSSR count). The molecule has 2 aromatic rings. The van der Waals surface area contributed by atoms with E-state index < -0.39 is 0 Å². The fourth-order valence-electron chi connectivity index (χ4n) is 1.63. The number of rotatable bonds is 3. The minimum Gasteiger partial charge on any atom is -1.00 e. The van der Waals surface area contributed by atoms with Gasteiger partial charge in [-0.3, -0.25) is 10.2 Å².